The van der Waals surface area contributed by atoms with E-state index in [1.807, 2.05) is 0 Å². The van der Waals surface area contributed by atoms with Gasteiger partial charge in [-0.2, -0.15) is 0 Å². The summed E-state index contributed by atoms with van der Waals surface area (Å²) >= 11 is 0. The molecule has 2 aromatic rings. The first kappa shape index (κ1) is 19.9. The van der Waals surface area contributed by atoms with E-state index in [4.69, 9.17) is 10.5 Å². The van der Waals surface area contributed by atoms with Gasteiger partial charge in [0.25, 0.3) is 11.8 Å². The van der Waals surface area contributed by atoms with Gasteiger partial charge in [0.1, 0.15) is 5.84 Å². The quantitative estimate of drug-likeness (QED) is 0.685. The van der Waals surface area contributed by atoms with E-state index in [2.05, 4.69) is 10.3 Å². The highest BCUT2D eigenvalue weighted by atomic mass is 19.2. The smallest absolute Gasteiger partial charge is 0.259 e. The van der Waals surface area contributed by atoms with Crippen LogP contribution in [0.1, 0.15) is 11.1 Å². The van der Waals surface area contributed by atoms with Gasteiger partial charge in [0.2, 0.25) is 0 Å². The number of morpholine rings is 1. The van der Waals surface area contributed by atoms with Crippen LogP contribution < -0.4 is 16.0 Å². The van der Waals surface area contributed by atoms with Gasteiger partial charge in [-0.1, -0.05) is 0 Å². The molecule has 0 aromatic heterocycles. The number of nitrogens with two attached hydrogens (primary N) is 1. The second-order valence-corrected chi connectivity index (χ2v) is 6.89. The fourth-order valence-electron chi connectivity index (χ4n) is 3.40. The number of carbonyl (C=O) groups excluding carboxylic acids is 2. The van der Waals surface area contributed by atoms with Crippen LogP contribution in [0.25, 0.3) is 0 Å². The number of amidine groups is 1. The number of aliphatic hydroxyl groups excluding tert-OH is 1. The zero-order valence-corrected chi connectivity index (χ0v) is 15.6. The second-order valence-electron chi connectivity index (χ2n) is 6.89. The molecule has 0 radical (unpaired) electrons. The van der Waals surface area contributed by atoms with Crippen molar-refractivity contribution < 1.29 is 28.2 Å². The molecule has 0 spiro atoms. The van der Waals surface area contributed by atoms with Crippen LogP contribution in [0.3, 0.4) is 0 Å². The maximum atomic E-state index is 13.5. The van der Waals surface area contributed by atoms with E-state index in [9.17, 15) is 23.5 Å². The molecule has 8 nitrogen and oxygen atoms in total. The molecular formula is C20H18F2N4O4. The highest BCUT2D eigenvalue weighted by Crippen LogP contribution is 2.24. The van der Waals surface area contributed by atoms with E-state index in [0.717, 1.165) is 28.2 Å². The summed E-state index contributed by atoms with van der Waals surface area (Å²) in [4.78, 5) is 30.5. The molecule has 2 aromatic carbocycles. The topological polar surface area (TPSA) is 117 Å². The summed E-state index contributed by atoms with van der Waals surface area (Å²) < 4.78 is 32.0. The third kappa shape index (κ3) is 3.62. The van der Waals surface area contributed by atoms with E-state index < -0.39 is 35.7 Å². The van der Waals surface area contributed by atoms with Crippen LogP contribution in [0.4, 0.5) is 20.2 Å². The number of hydrogen-bond acceptors (Lipinski definition) is 6. The monoisotopic (exact) mass is 416 g/mol. The average molecular weight is 416 g/mol. The molecule has 2 unspecified atom stereocenters. The number of benzene rings is 2. The summed E-state index contributed by atoms with van der Waals surface area (Å²) in [6.45, 7) is 0.469. The molecule has 1 saturated heterocycles. The number of nitrogens with zero attached hydrogens (tertiary/aromatic N) is 2. The molecular weight excluding hydrogens is 398 g/mol. The van der Waals surface area contributed by atoms with Crippen molar-refractivity contribution in [2.75, 3.05) is 23.4 Å². The minimum Gasteiger partial charge on any atom is -0.383 e. The molecule has 0 bridgehead atoms. The lowest BCUT2D eigenvalue weighted by Gasteiger charge is -2.34. The molecule has 10 heteroatoms. The lowest BCUT2D eigenvalue weighted by molar-refractivity contribution is -0.150. The predicted molar refractivity (Wildman–Crippen MR) is 104 cm³/mol. The number of hydrogen-bond donors (Lipinski definition) is 3. The van der Waals surface area contributed by atoms with Gasteiger partial charge in [0.05, 0.1) is 13.2 Å². The zero-order chi connectivity index (χ0) is 21.4. The highest BCUT2D eigenvalue weighted by Gasteiger charge is 2.39. The first-order valence-electron chi connectivity index (χ1n) is 9.15. The molecule has 30 heavy (non-hydrogen) atoms. The average Bonchev–Trinajstić information content (AvgIpc) is 3.10. The maximum Gasteiger partial charge on any atom is 0.259 e. The number of aliphatic imine (C=N–C) groups is 1. The molecule has 1 fully saturated rings. The third-order valence-corrected chi connectivity index (χ3v) is 4.96. The Hall–Kier alpha value is -3.37. The lowest BCUT2D eigenvalue weighted by atomic mass is 10.1. The number of anilines is 2. The van der Waals surface area contributed by atoms with Crippen LogP contribution in [0, 0.1) is 11.6 Å². The van der Waals surface area contributed by atoms with Gasteiger partial charge in [-0.15, -0.1) is 0 Å². The van der Waals surface area contributed by atoms with E-state index in [0.29, 0.717) is 18.1 Å². The molecule has 0 saturated carbocycles. The maximum absolute atomic E-state index is 13.5. The Morgan fingerprint density at radius 3 is 2.83 bits per heavy atom. The van der Waals surface area contributed by atoms with Gasteiger partial charge >= 0.3 is 0 Å². The number of carbonyl (C=O) groups is 2. The van der Waals surface area contributed by atoms with Crippen LogP contribution in [0.15, 0.2) is 41.4 Å². The first-order chi connectivity index (χ1) is 14.3. The summed E-state index contributed by atoms with van der Waals surface area (Å²) in [6, 6.07) is 8.00. The molecule has 4 rings (SSSR count). The van der Waals surface area contributed by atoms with Crippen molar-refractivity contribution in [3.05, 3.63) is 59.2 Å². The Kier molecular flexibility index (Phi) is 5.18. The Morgan fingerprint density at radius 1 is 1.27 bits per heavy atom. The fraction of sp³-hybridized carbons (Fsp3) is 0.250. The van der Waals surface area contributed by atoms with Crippen LogP contribution in [-0.4, -0.2) is 48.1 Å². The van der Waals surface area contributed by atoms with Crippen LogP contribution in [0.5, 0.6) is 0 Å². The van der Waals surface area contributed by atoms with Gasteiger partial charge in [-0.25, -0.2) is 8.78 Å². The van der Waals surface area contributed by atoms with E-state index in [1.54, 1.807) is 18.2 Å². The predicted octanol–water partition coefficient (Wildman–Crippen LogP) is 0.915. The Morgan fingerprint density at radius 2 is 2.07 bits per heavy atom. The molecule has 2 heterocycles. The molecule has 2 aliphatic heterocycles. The molecule has 4 N–H and O–H groups in total. The van der Waals surface area contributed by atoms with Crippen molar-refractivity contribution in [3.63, 3.8) is 0 Å². The number of amides is 2. The van der Waals surface area contributed by atoms with E-state index in [-0.39, 0.29) is 18.8 Å². The number of fused-ring (bicyclic) bond motifs is 1. The standard InChI is InChI=1S/C20H18F2N4O4/c21-14-4-2-12(8-15(14)22)26-5-6-30-17(20(26)29)16(27)19(28)25-11-1-3-13-10(7-11)9-24-18(13)23/h1-4,7-8,16-17,27H,5-6,9H2,(H2,23,24)(H,25,28). The Bertz CT molecular complexity index is 1060. The number of halogens is 2. The van der Waals surface area contributed by atoms with Gasteiger partial charge in [-0.3, -0.25) is 14.6 Å². The van der Waals surface area contributed by atoms with E-state index in [1.165, 1.54) is 6.07 Å². The summed E-state index contributed by atoms with van der Waals surface area (Å²) in [5.74, 6) is -3.31. The molecule has 2 atom stereocenters. The van der Waals surface area contributed by atoms with Crippen molar-refractivity contribution in [1.29, 1.82) is 0 Å². The lowest BCUT2D eigenvalue weighted by Crippen LogP contribution is -2.55. The highest BCUT2D eigenvalue weighted by molar-refractivity contribution is 6.04. The van der Waals surface area contributed by atoms with Crippen molar-refractivity contribution in [3.8, 4) is 0 Å². The van der Waals surface area contributed by atoms with Crippen LogP contribution >= 0.6 is 0 Å². The summed E-state index contributed by atoms with van der Waals surface area (Å²) in [5.41, 5.74) is 7.88. The molecule has 156 valence electrons. The van der Waals surface area contributed by atoms with Crippen molar-refractivity contribution in [2.45, 2.75) is 18.8 Å². The minimum atomic E-state index is -1.81. The van der Waals surface area contributed by atoms with Gasteiger partial charge in [0, 0.05) is 29.5 Å². The van der Waals surface area contributed by atoms with E-state index >= 15 is 0 Å². The normalized spacial score (nSPS) is 19.3. The molecule has 2 aliphatic rings. The number of aliphatic hydroxyl groups is 1. The summed E-state index contributed by atoms with van der Waals surface area (Å²) in [7, 11) is 0. The first-order valence-corrected chi connectivity index (χ1v) is 9.15. The van der Waals surface area contributed by atoms with Crippen LogP contribution in [0.2, 0.25) is 0 Å². The van der Waals surface area contributed by atoms with Crippen molar-refractivity contribution in [1.82, 2.24) is 0 Å². The third-order valence-electron chi connectivity index (χ3n) is 4.96. The Balaban J connectivity index is 1.47. The SMILES string of the molecule is NC1=NCc2cc(NC(=O)C(O)C3OCCN(c4ccc(F)c(F)c4)C3=O)ccc21. The summed E-state index contributed by atoms with van der Waals surface area (Å²) in [5, 5.41) is 12.9. The number of nitrogens with one attached hydrogen (secondary N) is 1. The second kappa shape index (κ2) is 7.81. The van der Waals surface area contributed by atoms with Gasteiger partial charge in [-0.05, 0) is 35.9 Å². The largest absolute Gasteiger partial charge is 0.383 e. The minimum absolute atomic E-state index is 0.00913. The zero-order valence-electron chi connectivity index (χ0n) is 15.6. The van der Waals surface area contributed by atoms with Gasteiger partial charge in [0.15, 0.2) is 23.8 Å². The van der Waals surface area contributed by atoms with Crippen LogP contribution in [-0.2, 0) is 20.9 Å². The number of ether oxygens (including phenoxy) is 1. The van der Waals surface area contributed by atoms with Crippen molar-refractivity contribution in [2.24, 2.45) is 10.7 Å². The molecule has 0 aliphatic carbocycles. The van der Waals surface area contributed by atoms with Crippen molar-refractivity contribution >= 4 is 29.0 Å². The fourth-order valence-corrected chi connectivity index (χ4v) is 3.40. The molecule has 2 amide bonds. The van der Waals surface area contributed by atoms with Gasteiger partial charge < -0.3 is 25.8 Å². The Labute approximate surface area is 170 Å². The summed E-state index contributed by atoms with van der Waals surface area (Å²) in [6.07, 6.45) is -3.29. The number of rotatable bonds is 4.